The van der Waals surface area contributed by atoms with E-state index in [1.165, 1.54) is 31.3 Å². The van der Waals surface area contributed by atoms with Crippen molar-refractivity contribution in [3.63, 3.8) is 0 Å². The fourth-order valence-electron chi connectivity index (χ4n) is 2.34. The van der Waals surface area contributed by atoms with E-state index in [2.05, 4.69) is 5.32 Å². The predicted molar refractivity (Wildman–Crippen MR) is 77.3 cm³/mol. The zero-order valence-electron chi connectivity index (χ0n) is 12.7. The Labute approximate surface area is 125 Å². The first-order chi connectivity index (χ1) is 10.1. The molecule has 21 heavy (non-hydrogen) atoms. The predicted octanol–water partition coefficient (Wildman–Crippen LogP) is 1.08. The van der Waals surface area contributed by atoms with Crippen molar-refractivity contribution in [3.8, 4) is 0 Å². The fraction of sp³-hybridized carbons (Fsp3) is 0.857. The van der Waals surface area contributed by atoms with Gasteiger partial charge in [0.05, 0.1) is 19.3 Å². The van der Waals surface area contributed by atoms with Crippen molar-refractivity contribution in [1.29, 1.82) is 0 Å². The number of hydrogen-bond donors (Lipinski definition) is 2. The van der Waals surface area contributed by atoms with E-state index < -0.39 is 12.0 Å². The summed E-state index contributed by atoms with van der Waals surface area (Å²) in [5.74, 6) is -1.04. The molecule has 0 bridgehead atoms. The van der Waals surface area contributed by atoms with Crippen LogP contribution in [0.4, 0.5) is 4.79 Å². The third-order valence-corrected chi connectivity index (χ3v) is 3.46. The van der Waals surface area contributed by atoms with Crippen LogP contribution in [0.2, 0.25) is 0 Å². The second-order valence-corrected chi connectivity index (χ2v) is 5.17. The van der Waals surface area contributed by atoms with Gasteiger partial charge in [0.15, 0.2) is 0 Å². The van der Waals surface area contributed by atoms with Crippen LogP contribution in [-0.4, -0.2) is 68.1 Å². The molecule has 122 valence electrons. The van der Waals surface area contributed by atoms with Crippen molar-refractivity contribution in [2.75, 3.05) is 40.0 Å². The van der Waals surface area contributed by atoms with Crippen LogP contribution in [0, 0.1) is 0 Å². The van der Waals surface area contributed by atoms with Gasteiger partial charge in [0.1, 0.15) is 6.54 Å². The van der Waals surface area contributed by atoms with E-state index in [1.54, 1.807) is 0 Å². The minimum atomic E-state index is -1.04. The highest BCUT2D eigenvalue weighted by Crippen LogP contribution is 2.19. The van der Waals surface area contributed by atoms with Gasteiger partial charge in [0.2, 0.25) is 0 Å². The molecule has 1 aliphatic rings. The molecule has 0 saturated heterocycles. The molecule has 1 aliphatic carbocycles. The number of carboxylic acids is 1. The molecule has 2 N–H and O–H groups in total. The number of methoxy groups -OCH3 is 1. The second kappa shape index (κ2) is 10.4. The van der Waals surface area contributed by atoms with Crippen molar-refractivity contribution in [3.05, 3.63) is 0 Å². The summed E-state index contributed by atoms with van der Waals surface area (Å²) in [7, 11) is 1.51. The molecule has 0 aromatic carbocycles. The number of carbonyl (C=O) groups is 2. The molecule has 1 rings (SSSR count). The Bertz CT molecular complexity index is 318. The van der Waals surface area contributed by atoms with Gasteiger partial charge in [0, 0.05) is 20.2 Å². The maximum atomic E-state index is 11.9. The lowest BCUT2D eigenvalue weighted by atomic mass is 9.98. The smallest absolute Gasteiger partial charge is 0.323 e. The molecule has 0 atom stereocenters. The highest BCUT2D eigenvalue weighted by Gasteiger charge is 2.17. The molecule has 0 aromatic heterocycles. The number of carbonyl (C=O) groups excluding carboxylic acids is 1. The van der Waals surface area contributed by atoms with E-state index in [0.717, 1.165) is 12.8 Å². The SMILES string of the molecule is COCCN(CC(=O)O)C(=O)NCCOC1CCCCC1. The molecular weight excluding hydrogens is 276 g/mol. The molecule has 0 aromatic rings. The van der Waals surface area contributed by atoms with Gasteiger partial charge >= 0.3 is 12.0 Å². The van der Waals surface area contributed by atoms with Crippen molar-refractivity contribution in [1.82, 2.24) is 10.2 Å². The minimum absolute atomic E-state index is 0.248. The highest BCUT2D eigenvalue weighted by molar-refractivity contribution is 5.80. The van der Waals surface area contributed by atoms with Crippen LogP contribution in [0.25, 0.3) is 0 Å². The maximum Gasteiger partial charge on any atom is 0.323 e. The van der Waals surface area contributed by atoms with Gasteiger partial charge in [-0.05, 0) is 12.8 Å². The molecule has 0 aliphatic heterocycles. The zero-order chi connectivity index (χ0) is 15.5. The Morgan fingerprint density at radius 3 is 2.57 bits per heavy atom. The number of rotatable bonds is 9. The van der Waals surface area contributed by atoms with Crippen molar-refractivity contribution in [2.45, 2.75) is 38.2 Å². The van der Waals surface area contributed by atoms with Crippen LogP contribution in [0.3, 0.4) is 0 Å². The largest absolute Gasteiger partial charge is 0.480 e. The summed E-state index contributed by atoms with van der Waals surface area (Å²) in [4.78, 5) is 23.8. The van der Waals surface area contributed by atoms with Gasteiger partial charge in [0.25, 0.3) is 0 Å². The number of urea groups is 1. The summed E-state index contributed by atoms with van der Waals surface area (Å²) >= 11 is 0. The van der Waals surface area contributed by atoms with Gasteiger partial charge in [-0.3, -0.25) is 4.79 Å². The Balaban J connectivity index is 2.20. The van der Waals surface area contributed by atoms with Crippen LogP contribution in [0.15, 0.2) is 0 Å². The Kier molecular flexibility index (Phi) is 8.77. The summed E-state index contributed by atoms with van der Waals surface area (Å²) < 4.78 is 10.6. The number of nitrogens with one attached hydrogen (secondary N) is 1. The van der Waals surface area contributed by atoms with Gasteiger partial charge in [-0.2, -0.15) is 0 Å². The van der Waals surface area contributed by atoms with Crippen molar-refractivity contribution >= 4 is 12.0 Å². The first-order valence-electron chi connectivity index (χ1n) is 7.48. The van der Waals surface area contributed by atoms with Crippen molar-refractivity contribution in [2.24, 2.45) is 0 Å². The normalized spacial score (nSPS) is 15.7. The summed E-state index contributed by atoms with van der Waals surface area (Å²) in [5, 5.41) is 11.5. The number of amides is 2. The Morgan fingerprint density at radius 2 is 1.95 bits per heavy atom. The first-order valence-corrected chi connectivity index (χ1v) is 7.48. The van der Waals surface area contributed by atoms with Crippen LogP contribution in [-0.2, 0) is 14.3 Å². The van der Waals surface area contributed by atoms with E-state index in [-0.39, 0.29) is 13.1 Å². The lowest BCUT2D eigenvalue weighted by Crippen LogP contribution is -2.45. The first kappa shape index (κ1) is 17.7. The Hall–Kier alpha value is -1.34. The van der Waals surface area contributed by atoms with E-state index in [0.29, 0.717) is 25.9 Å². The number of nitrogens with zero attached hydrogens (tertiary/aromatic N) is 1. The molecular formula is C14H26N2O5. The average molecular weight is 302 g/mol. The molecule has 0 heterocycles. The number of carboxylic acid groups (broad SMARTS) is 1. The van der Waals surface area contributed by atoms with E-state index in [9.17, 15) is 9.59 Å². The second-order valence-electron chi connectivity index (χ2n) is 5.17. The molecule has 0 unspecified atom stereocenters. The van der Waals surface area contributed by atoms with E-state index in [1.807, 2.05) is 0 Å². The lowest BCUT2D eigenvalue weighted by molar-refractivity contribution is -0.137. The maximum absolute atomic E-state index is 11.9. The van der Waals surface area contributed by atoms with Crippen LogP contribution in [0.5, 0.6) is 0 Å². The summed E-state index contributed by atoms with van der Waals surface area (Å²) in [5.41, 5.74) is 0. The molecule has 0 radical (unpaired) electrons. The topological polar surface area (TPSA) is 88.1 Å². The standard InChI is InChI=1S/C14H26N2O5/c1-20-10-8-16(11-13(17)18)14(19)15-7-9-21-12-5-3-2-4-6-12/h12H,2-11H2,1H3,(H,15,19)(H,17,18). The molecule has 0 spiro atoms. The van der Waals surface area contributed by atoms with Crippen LogP contribution < -0.4 is 5.32 Å². The molecule has 1 saturated carbocycles. The number of hydrogen-bond acceptors (Lipinski definition) is 4. The van der Waals surface area contributed by atoms with Gasteiger partial charge < -0.3 is 24.8 Å². The number of ether oxygens (including phenoxy) is 2. The quantitative estimate of drug-likeness (QED) is 0.622. The van der Waals surface area contributed by atoms with Crippen LogP contribution >= 0.6 is 0 Å². The number of aliphatic carboxylic acids is 1. The van der Waals surface area contributed by atoms with E-state index in [4.69, 9.17) is 14.6 Å². The van der Waals surface area contributed by atoms with Gasteiger partial charge in [-0.1, -0.05) is 19.3 Å². The third-order valence-electron chi connectivity index (χ3n) is 3.46. The highest BCUT2D eigenvalue weighted by atomic mass is 16.5. The van der Waals surface area contributed by atoms with E-state index >= 15 is 0 Å². The molecule has 2 amide bonds. The molecule has 7 nitrogen and oxygen atoms in total. The average Bonchev–Trinajstić information content (AvgIpc) is 2.48. The summed E-state index contributed by atoms with van der Waals surface area (Å²) in [6, 6.07) is -0.401. The van der Waals surface area contributed by atoms with Gasteiger partial charge in [-0.15, -0.1) is 0 Å². The zero-order valence-corrected chi connectivity index (χ0v) is 12.7. The Morgan fingerprint density at radius 1 is 1.24 bits per heavy atom. The summed E-state index contributed by atoms with van der Waals surface area (Å²) in [6.45, 7) is 1.07. The molecule has 7 heteroatoms. The summed E-state index contributed by atoms with van der Waals surface area (Å²) in [6.07, 6.45) is 6.18. The van der Waals surface area contributed by atoms with Gasteiger partial charge in [-0.25, -0.2) is 4.79 Å². The monoisotopic (exact) mass is 302 g/mol. The lowest BCUT2D eigenvalue weighted by Gasteiger charge is -2.23. The third kappa shape index (κ3) is 7.87. The van der Waals surface area contributed by atoms with Crippen LogP contribution in [0.1, 0.15) is 32.1 Å². The minimum Gasteiger partial charge on any atom is -0.480 e. The van der Waals surface area contributed by atoms with Crippen molar-refractivity contribution < 1.29 is 24.2 Å². The fourth-order valence-corrected chi connectivity index (χ4v) is 2.34. The molecule has 1 fully saturated rings.